The molecule has 2 heteroatoms. The molecule has 1 N–H and O–H groups in total. The van der Waals surface area contributed by atoms with E-state index in [4.69, 9.17) is 9.52 Å². The molecule has 1 unspecified atom stereocenters. The first-order valence-corrected chi connectivity index (χ1v) is 2.92. The number of furan rings is 1. The van der Waals surface area contributed by atoms with Crippen LogP contribution in [-0.2, 0) is 0 Å². The zero-order valence-electron chi connectivity index (χ0n) is 5.45. The number of aliphatic hydroxyl groups is 1. The van der Waals surface area contributed by atoms with E-state index in [0.717, 1.165) is 0 Å². The second kappa shape index (κ2) is 3.06. The Bertz CT molecular complexity index is 230. The van der Waals surface area contributed by atoms with Gasteiger partial charge in [-0.05, 0) is 18.2 Å². The van der Waals surface area contributed by atoms with Gasteiger partial charge in [0.2, 0.25) is 0 Å². The van der Waals surface area contributed by atoms with Crippen LogP contribution in [0.2, 0.25) is 0 Å². The molecular formula is C8H8O2. The minimum atomic E-state index is -0.715. The average Bonchev–Trinajstić information content (AvgIpc) is 2.38. The average molecular weight is 136 g/mol. The zero-order chi connectivity index (χ0) is 7.40. The van der Waals surface area contributed by atoms with E-state index in [1.54, 1.807) is 12.1 Å². The van der Waals surface area contributed by atoms with Crippen molar-refractivity contribution in [2.24, 2.45) is 0 Å². The van der Waals surface area contributed by atoms with Gasteiger partial charge in [-0.15, -0.1) is 5.73 Å². The third-order valence-corrected chi connectivity index (χ3v) is 1.11. The van der Waals surface area contributed by atoms with Crippen LogP contribution in [0.15, 0.2) is 41.2 Å². The van der Waals surface area contributed by atoms with Crippen molar-refractivity contribution in [3.05, 3.63) is 42.5 Å². The quantitative estimate of drug-likeness (QED) is 0.627. The Kier molecular flexibility index (Phi) is 2.11. The van der Waals surface area contributed by atoms with Crippen molar-refractivity contribution in [2.45, 2.75) is 6.10 Å². The molecule has 0 amide bonds. The van der Waals surface area contributed by atoms with Crippen LogP contribution >= 0.6 is 0 Å². The second-order valence-corrected chi connectivity index (χ2v) is 1.83. The number of hydrogen-bond acceptors (Lipinski definition) is 2. The van der Waals surface area contributed by atoms with E-state index in [2.05, 4.69) is 12.3 Å². The first-order chi connectivity index (χ1) is 4.84. The summed E-state index contributed by atoms with van der Waals surface area (Å²) in [6, 6.07) is 3.41. The summed E-state index contributed by atoms with van der Waals surface area (Å²) >= 11 is 0. The molecule has 0 saturated carbocycles. The van der Waals surface area contributed by atoms with Gasteiger partial charge in [-0.2, -0.15) is 0 Å². The molecule has 10 heavy (non-hydrogen) atoms. The summed E-state index contributed by atoms with van der Waals surface area (Å²) in [5, 5.41) is 9.16. The van der Waals surface area contributed by atoms with E-state index < -0.39 is 6.10 Å². The molecule has 0 radical (unpaired) electrons. The van der Waals surface area contributed by atoms with Gasteiger partial charge in [-0.3, -0.25) is 0 Å². The highest BCUT2D eigenvalue weighted by atomic mass is 16.4. The zero-order valence-corrected chi connectivity index (χ0v) is 5.45. The fourth-order valence-corrected chi connectivity index (χ4v) is 0.653. The van der Waals surface area contributed by atoms with E-state index in [-0.39, 0.29) is 0 Å². The lowest BCUT2D eigenvalue weighted by Gasteiger charge is -1.96. The maximum atomic E-state index is 9.16. The van der Waals surface area contributed by atoms with Crippen molar-refractivity contribution in [3.8, 4) is 0 Å². The molecule has 0 aliphatic heterocycles. The number of hydrogen-bond donors (Lipinski definition) is 1. The number of rotatable bonds is 2. The molecule has 1 heterocycles. The van der Waals surface area contributed by atoms with E-state index in [1.807, 2.05) is 0 Å². The third-order valence-electron chi connectivity index (χ3n) is 1.11. The molecule has 0 bridgehead atoms. The minimum absolute atomic E-state index is 0.510. The summed E-state index contributed by atoms with van der Waals surface area (Å²) < 4.78 is 4.90. The predicted octanol–water partition coefficient (Wildman–Crippen LogP) is 1.65. The Hall–Kier alpha value is -1.24. The maximum Gasteiger partial charge on any atom is 0.137 e. The smallest absolute Gasteiger partial charge is 0.137 e. The van der Waals surface area contributed by atoms with Crippen LogP contribution in [0.5, 0.6) is 0 Å². The second-order valence-electron chi connectivity index (χ2n) is 1.83. The Labute approximate surface area is 59.1 Å². The Morgan fingerprint density at radius 3 is 3.10 bits per heavy atom. The molecule has 1 aromatic rings. The predicted molar refractivity (Wildman–Crippen MR) is 37.4 cm³/mol. The van der Waals surface area contributed by atoms with Gasteiger partial charge in [0.05, 0.1) is 6.26 Å². The molecule has 0 aliphatic carbocycles. The topological polar surface area (TPSA) is 33.4 Å². The lowest BCUT2D eigenvalue weighted by molar-refractivity contribution is 0.197. The monoisotopic (exact) mass is 136 g/mol. The Balaban J connectivity index is 2.76. The van der Waals surface area contributed by atoms with E-state index in [0.29, 0.717) is 5.76 Å². The summed E-state index contributed by atoms with van der Waals surface area (Å²) in [6.45, 7) is 3.33. The number of aliphatic hydroxyl groups excluding tert-OH is 1. The van der Waals surface area contributed by atoms with Crippen LogP contribution in [0.1, 0.15) is 11.9 Å². The largest absolute Gasteiger partial charge is 0.466 e. The first kappa shape index (κ1) is 6.87. The van der Waals surface area contributed by atoms with Crippen LogP contribution in [0.3, 0.4) is 0 Å². The lowest BCUT2D eigenvalue weighted by atomic mass is 10.3. The summed E-state index contributed by atoms with van der Waals surface area (Å²) in [6.07, 6.45) is 2.22. The summed E-state index contributed by atoms with van der Waals surface area (Å²) in [7, 11) is 0. The van der Waals surface area contributed by atoms with Crippen LogP contribution in [0.4, 0.5) is 0 Å². The first-order valence-electron chi connectivity index (χ1n) is 2.92. The molecule has 0 saturated heterocycles. The normalized spacial score (nSPS) is 12.1. The van der Waals surface area contributed by atoms with Gasteiger partial charge in [0.1, 0.15) is 11.9 Å². The van der Waals surface area contributed by atoms with Crippen molar-refractivity contribution in [1.82, 2.24) is 0 Å². The van der Waals surface area contributed by atoms with E-state index in [9.17, 15) is 0 Å². The van der Waals surface area contributed by atoms with Gasteiger partial charge in [0.15, 0.2) is 0 Å². The highest BCUT2D eigenvalue weighted by Gasteiger charge is 2.03. The third kappa shape index (κ3) is 1.38. The molecule has 52 valence electrons. The Morgan fingerprint density at radius 2 is 2.60 bits per heavy atom. The SMILES string of the molecule is C=C=CC(O)c1ccco1. The van der Waals surface area contributed by atoms with E-state index in [1.165, 1.54) is 12.3 Å². The molecule has 0 aliphatic rings. The van der Waals surface area contributed by atoms with Crippen molar-refractivity contribution < 1.29 is 9.52 Å². The summed E-state index contributed by atoms with van der Waals surface area (Å²) in [5.74, 6) is 0.510. The van der Waals surface area contributed by atoms with Crippen LogP contribution in [0, 0.1) is 0 Å². The molecular weight excluding hydrogens is 128 g/mol. The van der Waals surface area contributed by atoms with Crippen molar-refractivity contribution in [3.63, 3.8) is 0 Å². The highest BCUT2D eigenvalue weighted by Crippen LogP contribution is 2.12. The van der Waals surface area contributed by atoms with Gasteiger partial charge >= 0.3 is 0 Å². The molecule has 2 nitrogen and oxygen atoms in total. The summed E-state index contributed by atoms with van der Waals surface area (Å²) in [4.78, 5) is 0. The van der Waals surface area contributed by atoms with E-state index >= 15 is 0 Å². The maximum absolute atomic E-state index is 9.16. The van der Waals surface area contributed by atoms with Crippen LogP contribution in [-0.4, -0.2) is 5.11 Å². The molecule has 0 fully saturated rings. The fourth-order valence-electron chi connectivity index (χ4n) is 0.653. The fraction of sp³-hybridized carbons (Fsp3) is 0.125. The Morgan fingerprint density at radius 1 is 1.80 bits per heavy atom. The van der Waals surface area contributed by atoms with Gasteiger partial charge in [0, 0.05) is 0 Å². The molecule has 1 rings (SSSR count). The molecule has 0 aromatic carbocycles. The van der Waals surface area contributed by atoms with Gasteiger partial charge in [0.25, 0.3) is 0 Å². The molecule has 1 aromatic heterocycles. The van der Waals surface area contributed by atoms with Gasteiger partial charge in [-0.25, -0.2) is 0 Å². The van der Waals surface area contributed by atoms with Crippen LogP contribution in [0.25, 0.3) is 0 Å². The van der Waals surface area contributed by atoms with Crippen molar-refractivity contribution in [2.75, 3.05) is 0 Å². The van der Waals surface area contributed by atoms with Crippen molar-refractivity contribution >= 4 is 0 Å². The van der Waals surface area contributed by atoms with Crippen LogP contribution < -0.4 is 0 Å². The molecule has 1 atom stereocenters. The minimum Gasteiger partial charge on any atom is -0.466 e. The van der Waals surface area contributed by atoms with Gasteiger partial charge in [-0.1, -0.05) is 6.58 Å². The molecule has 0 spiro atoms. The van der Waals surface area contributed by atoms with Crippen molar-refractivity contribution in [1.29, 1.82) is 0 Å². The summed E-state index contributed by atoms with van der Waals surface area (Å²) in [5.41, 5.74) is 2.47. The standard InChI is InChI=1S/C8H8O2/c1-2-4-7(9)8-5-3-6-10-8/h3-7,9H,1H2. The highest BCUT2D eigenvalue weighted by molar-refractivity contribution is 5.07. The van der Waals surface area contributed by atoms with Gasteiger partial charge < -0.3 is 9.52 Å². The lowest BCUT2D eigenvalue weighted by Crippen LogP contribution is -1.87.